The first-order valence-corrected chi connectivity index (χ1v) is 7.16. The molecule has 0 bridgehead atoms. The lowest BCUT2D eigenvalue weighted by atomic mass is 10.1. The average molecular weight is 335 g/mol. The van der Waals surface area contributed by atoms with Crippen molar-refractivity contribution >= 4 is 33.4 Å². The molecule has 1 aromatic carbocycles. The first-order valence-electron chi connectivity index (χ1n) is 5.93. The second kappa shape index (κ2) is 6.02. The molecule has 0 heterocycles. The van der Waals surface area contributed by atoms with Gasteiger partial charge in [-0.2, -0.15) is 0 Å². The number of carbonyl (C=O) groups is 1. The van der Waals surface area contributed by atoms with E-state index >= 15 is 0 Å². The largest absolute Gasteiger partial charge is 0.352 e. The van der Waals surface area contributed by atoms with Crippen molar-refractivity contribution in [3.63, 3.8) is 0 Å². The Bertz CT molecular complexity index is 455. The van der Waals surface area contributed by atoms with Gasteiger partial charge in [-0.05, 0) is 59.3 Å². The van der Waals surface area contributed by atoms with E-state index in [9.17, 15) is 9.18 Å². The van der Waals surface area contributed by atoms with Crippen molar-refractivity contribution in [2.75, 3.05) is 6.54 Å². The van der Waals surface area contributed by atoms with E-state index < -0.39 is 5.82 Å². The molecule has 2 rings (SSSR count). The monoisotopic (exact) mass is 333 g/mol. The highest BCUT2D eigenvalue weighted by molar-refractivity contribution is 9.10. The Morgan fingerprint density at radius 1 is 1.50 bits per heavy atom. The Hall–Kier alpha value is -0.610. The summed E-state index contributed by atoms with van der Waals surface area (Å²) in [7, 11) is 0. The van der Waals surface area contributed by atoms with E-state index in [1.165, 1.54) is 12.1 Å². The van der Waals surface area contributed by atoms with Gasteiger partial charge in [0.2, 0.25) is 0 Å². The molecule has 0 aromatic heterocycles. The molecule has 2 atom stereocenters. The van der Waals surface area contributed by atoms with E-state index in [1.807, 2.05) is 0 Å². The number of rotatable bonds is 3. The first kappa shape index (κ1) is 13.8. The topological polar surface area (TPSA) is 29.1 Å². The van der Waals surface area contributed by atoms with E-state index in [0.29, 0.717) is 22.5 Å². The third-order valence-electron chi connectivity index (χ3n) is 3.21. The van der Waals surface area contributed by atoms with Gasteiger partial charge in [0.05, 0.1) is 4.47 Å². The molecule has 5 heteroatoms. The Morgan fingerprint density at radius 2 is 2.28 bits per heavy atom. The summed E-state index contributed by atoms with van der Waals surface area (Å²) < 4.78 is 13.6. The molecule has 0 spiro atoms. The van der Waals surface area contributed by atoms with Crippen LogP contribution in [0.4, 0.5) is 4.39 Å². The summed E-state index contributed by atoms with van der Waals surface area (Å²) in [4.78, 5) is 11.8. The van der Waals surface area contributed by atoms with E-state index in [-0.39, 0.29) is 11.3 Å². The number of hydrogen-bond acceptors (Lipinski definition) is 1. The summed E-state index contributed by atoms with van der Waals surface area (Å²) in [5.41, 5.74) is 0.344. The maximum Gasteiger partial charge on any atom is 0.251 e. The minimum atomic E-state index is -0.427. The molecule has 18 heavy (non-hydrogen) atoms. The van der Waals surface area contributed by atoms with Crippen LogP contribution in [0.3, 0.4) is 0 Å². The molecule has 1 aliphatic carbocycles. The summed E-state index contributed by atoms with van der Waals surface area (Å²) in [6, 6.07) is 4.37. The Balaban J connectivity index is 1.89. The molecule has 98 valence electrons. The molecule has 2 nitrogen and oxygen atoms in total. The van der Waals surface area contributed by atoms with Gasteiger partial charge in [0.15, 0.2) is 0 Å². The third-order valence-corrected chi connectivity index (χ3v) is 4.25. The van der Waals surface area contributed by atoms with Crippen LogP contribution in [0.5, 0.6) is 0 Å². The number of benzene rings is 1. The van der Waals surface area contributed by atoms with Crippen LogP contribution < -0.4 is 5.32 Å². The van der Waals surface area contributed by atoms with Gasteiger partial charge in [-0.25, -0.2) is 4.39 Å². The molecular weight excluding hydrogens is 321 g/mol. The maximum absolute atomic E-state index is 13.3. The van der Waals surface area contributed by atoms with Crippen LogP contribution >= 0.6 is 27.5 Å². The number of carbonyl (C=O) groups excluding carboxylic acids is 1. The van der Waals surface area contributed by atoms with Gasteiger partial charge in [-0.15, -0.1) is 11.6 Å². The predicted octanol–water partition coefficient (Wildman–Crippen LogP) is 3.73. The molecule has 1 N–H and O–H groups in total. The fourth-order valence-electron chi connectivity index (χ4n) is 2.18. The van der Waals surface area contributed by atoms with Gasteiger partial charge in [0, 0.05) is 17.5 Å². The smallest absolute Gasteiger partial charge is 0.251 e. The summed E-state index contributed by atoms with van der Waals surface area (Å²) in [6.07, 6.45) is 2.99. The van der Waals surface area contributed by atoms with Crippen LogP contribution in [0.2, 0.25) is 0 Å². The van der Waals surface area contributed by atoms with Crippen molar-refractivity contribution in [3.8, 4) is 0 Å². The lowest BCUT2D eigenvalue weighted by Crippen LogP contribution is -2.28. The number of hydrogen-bond donors (Lipinski definition) is 1. The van der Waals surface area contributed by atoms with Crippen molar-refractivity contribution in [2.24, 2.45) is 5.92 Å². The van der Waals surface area contributed by atoms with Crippen LogP contribution in [0.25, 0.3) is 0 Å². The number of nitrogens with one attached hydrogen (secondary N) is 1. The Morgan fingerprint density at radius 3 is 2.89 bits per heavy atom. The molecule has 1 aliphatic rings. The van der Waals surface area contributed by atoms with Gasteiger partial charge in [0.1, 0.15) is 5.82 Å². The van der Waals surface area contributed by atoms with Crippen molar-refractivity contribution in [1.82, 2.24) is 5.32 Å². The molecule has 1 fully saturated rings. The van der Waals surface area contributed by atoms with E-state index in [1.54, 1.807) is 6.07 Å². The highest BCUT2D eigenvalue weighted by atomic mass is 79.9. The molecule has 1 saturated carbocycles. The van der Waals surface area contributed by atoms with Gasteiger partial charge >= 0.3 is 0 Å². The van der Waals surface area contributed by atoms with Crippen LogP contribution in [0, 0.1) is 11.7 Å². The predicted molar refractivity (Wildman–Crippen MR) is 73.4 cm³/mol. The molecule has 0 radical (unpaired) electrons. The van der Waals surface area contributed by atoms with Gasteiger partial charge < -0.3 is 5.32 Å². The molecule has 1 aromatic rings. The summed E-state index contributed by atoms with van der Waals surface area (Å²) in [6.45, 7) is 0.611. The quantitative estimate of drug-likeness (QED) is 0.839. The fraction of sp³-hybridized carbons (Fsp3) is 0.462. The zero-order valence-electron chi connectivity index (χ0n) is 9.76. The third kappa shape index (κ3) is 3.45. The summed E-state index contributed by atoms with van der Waals surface area (Å²) in [5.74, 6) is -0.222. The molecule has 0 aliphatic heterocycles. The number of amides is 1. The minimum absolute atomic E-state index is 0.233. The second-order valence-electron chi connectivity index (χ2n) is 4.62. The van der Waals surface area contributed by atoms with Crippen molar-refractivity contribution < 1.29 is 9.18 Å². The van der Waals surface area contributed by atoms with Crippen molar-refractivity contribution in [1.29, 1.82) is 0 Å². The molecule has 2 unspecified atom stereocenters. The van der Waals surface area contributed by atoms with Gasteiger partial charge in [-0.1, -0.05) is 0 Å². The summed E-state index contributed by atoms with van der Waals surface area (Å²) >= 11 is 9.07. The highest BCUT2D eigenvalue weighted by Crippen LogP contribution is 2.28. The van der Waals surface area contributed by atoms with Crippen molar-refractivity contribution in [2.45, 2.75) is 24.6 Å². The highest BCUT2D eigenvalue weighted by Gasteiger charge is 2.23. The van der Waals surface area contributed by atoms with E-state index in [0.717, 1.165) is 19.3 Å². The Kier molecular flexibility index (Phi) is 4.62. The molecule has 1 amide bonds. The van der Waals surface area contributed by atoms with E-state index in [4.69, 9.17) is 11.6 Å². The lowest BCUT2D eigenvalue weighted by Gasteiger charge is -2.11. The van der Waals surface area contributed by atoms with Gasteiger partial charge in [-0.3, -0.25) is 4.79 Å². The minimum Gasteiger partial charge on any atom is -0.352 e. The van der Waals surface area contributed by atoms with Crippen LogP contribution in [-0.2, 0) is 0 Å². The normalized spacial score (nSPS) is 23.1. The van der Waals surface area contributed by atoms with Crippen LogP contribution in [0.1, 0.15) is 29.6 Å². The van der Waals surface area contributed by atoms with Crippen molar-refractivity contribution in [3.05, 3.63) is 34.1 Å². The fourth-order valence-corrected chi connectivity index (χ4v) is 2.80. The zero-order chi connectivity index (χ0) is 13.1. The Labute approximate surface area is 119 Å². The number of alkyl halides is 1. The first-order chi connectivity index (χ1) is 8.56. The number of halogens is 3. The SMILES string of the molecule is O=C(NCC1CCC(Cl)C1)c1ccc(Br)c(F)c1. The second-order valence-corrected chi connectivity index (χ2v) is 6.09. The lowest BCUT2D eigenvalue weighted by molar-refractivity contribution is 0.0947. The summed E-state index contributed by atoms with van der Waals surface area (Å²) in [5, 5.41) is 3.06. The average Bonchev–Trinajstić information content (AvgIpc) is 2.75. The zero-order valence-corrected chi connectivity index (χ0v) is 12.1. The molecular formula is C13H14BrClFNO. The van der Waals surface area contributed by atoms with E-state index in [2.05, 4.69) is 21.2 Å². The standard InChI is InChI=1S/C13H14BrClFNO/c14-11-4-2-9(6-12(11)16)13(18)17-7-8-1-3-10(15)5-8/h2,4,6,8,10H,1,3,5,7H2,(H,17,18). The maximum atomic E-state index is 13.3. The van der Waals surface area contributed by atoms with Crippen LogP contribution in [0.15, 0.2) is 22.7 Å². The van der Waals surface area contributed by atoms with Gasteiger partial charge in [0.25, 0.3) is 5.91 Å². The van der Waals surface area contributed by atoms with Crippen LogP contribution in [-0.4, -0.2) is 17.8 Å². The molecule has 0 saturated heterocycles.